The minimum atomic E-state index is 1.30. The third kappa shape index (κ3) is 1.01. The van der Waals surface area contributed by atoms with Gasteiger partial charge in [-0.25, -0.2) is 0 Å². The summed E-state index contributed by atoms with van der Waals surface area (Å²) in [5, 5.41) is 2.63. The molecule has 0 radical (unpaired) electrons. The van der Waals surface area contributed by atoms with E-state index >= 15 is 0 Å². The molecule has 66 valence electrons. The Kier molecular flexibility index (Phi) is 1.54. The molecule has 0 heterocycles. The molecule has 0 heteroatoms. The third-order valence-electron chi connectivity index (χ3n) is 2.65. The Hall–Kier alpha value is -1.82. The van der Waals surface area contributed by atoms with Crippen LogP contribution in [0, 0.1) is 0 Å². The Balaban J connectivity index is 2.56. The van der Waals surface area contributed by atoms with Gasteiger partial charge in [0.1, 0.15) is 0 Å². The van der Waals surface area contributed by atoms with Crippen molar-refractivity contribution in [3.05, 3.63) is 60.7 Å². The van der Waals surface area contributed by atoms with Crippen LogP contribution in [0.2, 0.25) is 0 Å². The lowest BCUT2D eigenvalue weighted by Crippen LogP contribution is -1.70. The topological polar surface area (TPSA) is 0 Å². The second kappa shape index (κ2) is 2.85. The van der Waals surface area contributed by atoms with Crippen LogP contribution in [0.3, 0.4) is 0 Å². The maximum Gasteiger partial charge on any atom is -0.0105 e. The Morgan fingerprint density at radius 2 is 1.29 bits per heavy atom. The number of benzene rings is 1. The summed E-state index contributed by atoms with van der Waals surface area (Å²) >= 11 is 0. The van der Waals surface area contributed by atoms with Crippen molar-refractivity contribution in [3.8, 4) is 11.1 Å². The molecule has 1 aromatic rings. The van der Waals surface area contributed by atoms with Crippen LogP contribution in [0.4, 0.5) is 0 Å². The molecule has 0 bridgehead atoms. The average molecular weight is 178 g/mol. The number of hydrogen-bond acceptors (Lipinski definition) is 0. The van der Waals surface area contributed by atoms with Crippen LogP contribution in [-0.2, 0) is 0 Å². The predicted octanol–water partition coefficient (Wildman–Crippen LogP) is 3.94. The van der Waals surface area contributed by atoms with Crippen LogP contribution in [0.1, 0.15) is 0 Å². The van der Waals surface area contributed by atoms with Crippen LogP contribution in [0.25, 0.3) is 21.9 Å². The Morgan fingerprint density at radius 1 is 0.571 bits per heavy atom. The molecule has 0 amide bonds. The van der Waals surface area contributed by atoms with E-state index in [1.807, 2.05) is 0 Å². The van der Waals surface area contributed by atoms with Crippen molar-refractivity contribution >= 4 is 10.8 Å². The van der Waals surface area contributed by atoms with Crippen LogP contribution >= 0.6 is 0 Å². The molecule has 2 aliphatic rings. The minimum absolute atomic E-state index is 1.30. The maximum absolute atomic E-state index is 2.18. The molecule has 0 fully saturated rings. The van der Waals surface area contributed by atoms with E-state index in [-0.39, 0.29) is 0 Å². The molecule has 0 N–H and O–H groups in total. The Bertz CT molecular complexity index is 552. The molecule has 0 saturated carbocycles. The van der Waals surface area contributed by atoms with E-state index in [1.165, 1.54) is 21.9 Å². The first kappa shape index (κ1) is 7.57. The van der Waals surface area contributed by atoms with Gasteiger partial charge in [0.05, 0.1) is 0 Å². The molecule has 0 atom stereocenters. The van der Waals surface area contributed by atoms with Crippen molar-refractivity contribution in [3.63, 3.8) is 0 Å². The molecule has 0 aliphatic heterocycles. The third-order valence-corrected chi connectivity index (χ3v) is 2.65. The number of hydrogen-bond donors (Lipinski definition) is 0. The molecule has 0 aromatic heterocycles. The first-order chi connectivity index (χ1) is 6.95. The van der Waals surface area contributed by atoms with E-state index in [9.17, 15) is 0 Å². The standard InChI is InChI=1S/C14H10/c1-2-9-13-11(5-1)6-3-7-12-8-4-10-14(12)13/h1-10H. The van der Waals surface area contributed by atoms with Gasteiger partial charge in [0.15, 0.2) is 0 Å². The second-order valence-electron chi connectivity index (χ2n) is 3.51. The fraction of sp³-hybridized carbons (Fsp3) is 0. The molecule has 3 rings (SSSR count). The largest absolute Gasteiger partial charge is 0.0616 e. The zero-order valence-corrected chi connectivity index (χ0v) is 7.77. The molecule has 2 aliphatic carbocycles. The smallest absolute Gasteiger partial charge is 0.0105 e. The first-order valence-electron chi connectivity index (χ1n) is 4.82. The summed E-state index contributed by atoms with van der Waals surface area (Å²) in [5.41, 5.74) is 2.65. The second-order valence-corrected chi connectivity index (χ2v) is 3.51. The lowest BCUT2D eigenvalue weighted by atomic mass is 10.1. The van der Waals surface area contributed by atoms with Crippen molar-refractivity contribution in [1.29, 1.82) is 0 Å². The lowest BCUT2D eigenvalue weighted by Gasteiger charge is -1.96. The van der Waals surface area contributed by atoms with E-state index in [2.05, 4.69) is 60.7 Å². The Morgan fingerprint density at radius 3 is 2.21 bits per heavy atom. The number of fused-ring (bicyclic) bond motifs is 3. The van der Waals surface area contributed by atoms with Gasteiger partial charge in [-0.1, -0.05) is 60.7 Å². The highest BCUT2D eigenvalue weighted by molar-refractivity contribution is 5.96. The fourth-order valence-corrected chi connectivity index (χ4v) is 1.97. The van der Waals surface area contributed by atoms with Crippen molar-refractivity contribution in [2.45, 2.75) is 0 Å². The summed E-state index contributed by atoms with van der Waals surface area (Å²) < 4.78 is 0. The molecule has 1 aromatic carbocycles. The van der Waals surface area contributed by atoms with Crippen LogP contribution < -0.4 is 0 Å². The van der Waals surface area contributed by atoms with Gasteiger partial charge in [-0.2, -0.15) is 0 Å². The molecule has 14 heavy (non-hydrogen) atoms. The molecular weight excluding hydrogens is 168 g/mol. The minimum Gasteiger partial charge on any atom is -0.0616 e. The quantitative estimate of drug-likeness (QED) is 0.489. The van der Waals surface area contributed by atoms with Gasteiger partial charge in [-0.15, -0.1) is 0 Å². The van der Waals surface area contributed by atoms with E-state index in [1.54, 1.807) is 0 Å². The zero-order chi connectivity index (χ0) is 9.38. The summed E-state index contributed by atoms with van der Waals surface area (Å²) in [4.78, 5) is 0. The fourth-order valence-electron chi connectivity index (χ4n) is 1.97. The summed E-state index contributed by atoms with van der Waals surface area (Å²) in [6.45, 7) is 0. The van der Waals surface area contributed by atoms with Crippen molar-refractivity contribution < 1.29 is 0 Å². The molecule has 0 saturated heterocycles. The van der Waals surface area contributed by atoms with Gasteiger partial charge in [0.25, 0.3) is 0 Å². The van der Waals surface area contributed by atoms with Crippen molar-refractivity contribution in [1.82, 2.24) is 0 Å². The molecule has 0 spiro atoms. The van der Waals surface area contributed by atoms with E-state index in [4.69, 9.17) is 0 Å². The summed E-state index contributed by atoms with van der Waals surface area (Å²) in [7, 11) is 0. The van der Waals surface area contributed by atoms with Gasteiger partial charge >= 0.3 is 0 Å². The SMILES string of the molecule is c1cc2cccc3ccccc3c-2c1. The normalized spacial score (nSPS) is 10.9. The average Bonchev–Trinajstić information content (AvgIpc) is 2.61. The maximum atomic E-state index is 2.18. The zero-order valence-electron chi connectivity index (χ0n) is 7.77. The monoisotopic (exact) mass is 178 g/mol. The highest BCUT2D eigenvalue weighted by Crippen LogP contribution is 2.29. The van der Waals surface area contributed by atoms with Crippen molar-refractivity contribution in [2.24, 2.45) is 0 Å². The summed E-state index contributed by atoms with van der Waals surface area (Å²) in [6, 6.07) is 21.4. The summed E-state index contributed by atoms with van der Waals surface area (Å²) in [5.74, 6) is 0. The summed E-state index contributed by atoms with van der Waals surface area (Å²) in [6.07, 6.45) is 0. The first-order valence-corrected chi connectivity index (χ1v) is 4.82. The van der Waals surface area contributed by atoms with Crippen LogP contribution in [-0.4, -0.2) is 0 Å². The van der Waals surface area contributed by atoms with E-state index < -0.39 is 0 Å². The van der Waals surface area contributed by atoms with Gasteiger partial charge in [-0.3, -0.25) is 0 Å². The van der Waals surface area contributed by atoms with Gasteiger partial charge in [0, 0.05) is 0 Å². The van der Waals surface area contributed by atoms with Gasteiger partial charge in [-0.05, 0) is 21.9 Å². The highest BCUT2D eigenvalue weighted by atomic mass is 14.1. The molecule has 0 nitrogen and oxygen atoms in total. The Labute approximate surface area is 83.1 Å². The van der Waals surface area contributed by atoms with Gasteiger partial charge < -0.3 is 0 Å². The van der Waals surface area contributed by atoms with Crippen LogP contribution in [0.5, 0.6) is 0 Å². The van der Waals surface area contributed by atoms with E-state index in [0.29, 0.717) is 0 Å². The van der Waals surface area contributed by atoms with E-state index in [0.717, 1.165) is 0 Å². The highest BCUT2D eigenvalue weighted by Gasteiger charge is 2.02. The number of rotatable bonds is 0. The van der Waals surface area contributed by atoms with Crippen LogP contribution in [0.15, 0.2) is 60.7 Å². The lowest BCUT2D eigenvalue weighted by molar-refractivity contribution is 1.81. The molecular formula is C14H10. The van der Waals surface area contributed by atoms with Gasteiger partial charge in [0.2, 0.25) is 0 Å². The van der Waals surface area contributed by atoms with Crippen molar-refractivity contribution in [2.75, 3.05) is 0 Å². The molecule has 0 unspecified atom stereocenters. The predicted molar refractivity (Wildman–Crippen MR) is 60.6 cm³/mol.